The van der Waals surface area contributed by atoms with Crippen molar-refractivity contribution in [3.05, 3.63) is 95.0 Å². The molecule has 0 aliphatic heterocycles. The van der Waals surface area contributed by atoms with Crippen molar-refractivity contribution in [2.75, 3.05) is 18.0 Å². The van der Waals surface area contributed by atoms with Crippen LogP contribution < -0.4 is 4.31 Å². The number of rotatable bonds is 7. The Kier molecular flexibility index (Phi) is 6.54. The summed E-state index contributed by atoms with van der Waals surface area (Å²) in [6, 6.07) is 20.3. The summed E-state index contributed by atoms with van der Waals surface area (Å²) < 4.78 is 32.3. The van der Waals surface area contributed by atoms with Crippen LogP contribution in [0.25, 0.3) is 0 Å². The lowest BCUT2D eigenvalue weighted by molar-refractivity contribution is 0.0471. The molecule has 154 valence electrons. The van der Waals surface area contributed by atoms with Gasteiger partial charge in [-0.1, -0.05) is 41.9 Å². The van der Waals surface area contributed by atoms with Gasteiger partial charge >= 0.3 is 5.97 Å². The molecule has 0 bridgehead atoms. The number of hydrogen-bond acceptors (Lipinski definition) is 5. The lowest BCUT2D eigenvalue weighted by atomic mass is 10.1. The van der Waals surface area contributed by atoms with Gasteiger partial charge in [-0.05, 0) is 48.5 Å². The Bertz CT molecular complexity index is 1160. The van der Waals surface area contributed by atoms with E-state index >= 15 is 0 Å². The van der Waals surface area contributed by atoms with Crippen LogP contribution in [-0.4, -0.2) is 33.8 Å². The largest absolute Gasteiger partial charge is 0.454 e. The molecule has 3 rings (SSSR count). The van der Waals surface area contributed by atoms with Crippen LogP contribution >= 0.6 is 11.6 Å². The van der Waals surface area contributed by atoms with Crippen LogP contribution in [-0.2, 0) is 14.8 Å². The molecule has 3 aromatic carbocycles. The van der Waals surface area contributed by atoms with Gasteiger partial charge in [0.25, 0.3) is 10.0 Å². The minimum atomic E-state index is -4.03. The molecule has 0 amide bonds. The smallest absolute Gasteiger partial charge is 0.339 e. The fourth-order valence-electron chi connectivity index (χ4n) is 2.71. The average Bonchev–Trinajstić information content (AvgIpc) is 2.77. The van der Waals surface area contributed by atoms with E-state index in [2.05, 4.69) is 0 Å². The summed E-state index contributed by atoms with van der Waals surface area (Å²) in [6.45, 7) is -0.524. The van der Waals surface area contributed by atoms with E-state index in [0.717, 1.165) is 4.31 Å². The second-order valence-corrected chi connectivity index (χ2v) is 8.68. The molecule has 0 N–H and O–H groups in total. The normalized spacial score (nSPS) is 11.0. The van der Waals surface area contributed by atoms with Crippen molar-refractivity contribution >= 4 is 39.1 Å². The zero-order chi connectivity index (χ0) is 21.7. The Morgan fingerprint density at radius 3 is 2.17 bits per heavy atom. The molecule has 0 atom stereocenters. The van der Waals surface area contributed by atoms with Crippen molar-refractivity contribution in [1.29, 1.82) is 0 Å². The van der Waals surface area contributed by atoms with Crippen molar-refractivity contribution in [2.24, 2.45) is 0 Å². The number of para-hydroxylation sites is 1. The Morgan fingerprint density at radius 2 is 1.50 bits per heavy atom. The van der Waals surface area contributed by atoms with Crippen molar-refractivity contribution in [3.8, 4) is 0 Å². The van der Waals surface area contributed by atoms with Crippen molar-refractivity contribution in [2.45, 2.75) is 4.90 Å². The summed E-state index contributed by atoms with van der Waals surface area (Å²) in [6.07, 6.45) is 0. The zero-order valence-electron chi connectivity index (χ0n) is 16.0. The van der Waals surface area contributed by atoms with E-state index in [1.54, 1.807) is 42.5 Å². The maximum absolute atomic E-state index is 13.1. The Labute approximate surface area is 179 Å². The van der Waals surface area contributed by atoms with Gasteiger partial charge in [0, 0.05) is 17.6 Å². The predicted molar refractivity (Wildman–Crippen MR) is 115 cm³/mol. The molecule has 0 spiro atoms. The number of benzene rings is 3. The fraction of sp³-hybridized carbons (Fsp3) is 0.0909. The van der Waals surface area contributed by atoms with Gasteiger partial charge in [0.15, 0.2) is 12.4 Å². The van der Waals surface area contributed by atoms with E-state index in [1.165, 1.54) is 43.4 Å². The molecule has 0 aliphatic rings. The number of ketones is 1. The van der Waals surface area contributed by atoms with E-state index in [-0.39, 0.29) is 10.5 Å². The van der Waals surface area contributed by atoms with E-state index < -0.39 is 28.4 Å². The minimum Gasteiger partial charge on any atom is -0.454 e. The standard InChI is InChI=1S/C22H18ClNO5S/c1-24(18-7-3-2-4-8-18)30(27,28)21-10-6-5-9-19(21)22(26)29-15-20(25)16-11-13-17(23)14-12-16/h2-14H,15H2,1H3. The number of anilines is 1. The number of nitrogens with zero attached hydrogens (tertiary/aromatic N) is 1. The monoisotopic (exact) mass is 443 g/mol. The Balaban J connectivity index is 1.81. The van der Waals surface area contributed by atoms with Gasteiger partial charge < -0.3 is 4.74 Å². The summed E-state index contributed by atoms with van der Waals surface area (Å²) in [5.41, 5.74) is 0.625. The molecule has 0 heterocycles. The van der Waals surface area contributed by atoms with Crippen molar-refractivity contribution in [1.82, 2.24) is 0 Å². The number of carbonyl (C=O) groups excluding carboxylic acids is 2. The van der Waals surface area contributed by atoms with E-state index in [4.69, 9.17) is 16.3 Å². The second kappa shape index (κ2) is 9.11. The van der Waals surface area contributed by atoms with E-state index in [1.807, 2.05) is 0 Å². The minimum absolute atomic E-state index is 0.149. The summed E-state index contributed by atoms with van der Waals surface area (Å²) in [5, 5.41) is 0.477. The van der Waals surface area contributed by atoms with Crippen molar-refractivity contribution < 1.29 is 22.7 Å². The highest BCUT2D eigenvalue weighted by atomic mass is 35.5. The van der Waals surface area contributed by atoms with Gasteiger partial charge in [-0.25, -0.2) is 13.2 Å². The molecule has 0 saturated carbocycles. The number of hydrogen-bond donors (Lipinski definition) is 0. The molecule has 0 unspecified atom stereocenters. The van der Waals surface area contributed by atoms with Crippen LogP contribution in [0.5, 0.6) is 0 Å². The SMILES string of the molecule is CN(c1ccccc1)S(=O)(=O)c1ccccc1C(=O)OCC(=O)c1ccc(Cl)cc1. The summed E-state index contributed by atoms with van der Waals surface area (Å²) in [4.78, 5) is 24.6. The zero-order valence-corrected chi connectivity index (χ0v) is 17.6. The topological polar surface area (TPSA) is 80.8 Å². The number of ether oxygens (including phenoxy) is 1. The van der Waals surface area contributed by atoms with Gasteiger partial charge in [0.1, 0.15) is 4.90 Å². The average molecular weight is 444 g/mol. The summed E-state index contributed by atoms with van der Waals surface area (Å²) in [5.74, 6) is -1.33. The summed E-state index contributed by atoms with van der Waals surface area (Å²) in [7, 11) is -2.63. The van der Waals surface area contributed by atoms with Crippen LogP contribution in [0.15, 0.2) is 83.8 Å². The predicted octanol–water partition coefficient (Wildman–Crippen LogP) is 4.20. The quantitative estimate of drug-likeness (QED) is 0.403. The van der Waals surface area contributed by atoms with Gasteiger partial charge in [-0.15, -0.1) is 0 Å². The van der Waals surface area contributed by atoms with Crippen LogP contribution in [0.1, 0.15) is 20.7 Å². The molecule has 0 aromatic heterocycles. The lowest BCUT2D eigenvalue weighted by Crippen LogP contribution is -2.28. The first-order valence-electron chi connectivity index (χ1n) is 8.89. The maximum Gasteiger partial charge on any atom is 0.339 e. The fourth-order valence-corrected chi connectivity index (χ4v) is 4.21. The molecular formula is C22H18ClNO5S. The highest BCUT2D eigenvalue weighted by Gasteiger charge is 2.27. The van der Waals surface area contributed by atoms with Gasteiger partial charge in [0.2, 0.25) is 0 Å². The van der Waals surface area contributed by atoms with Crippen LogP contribution in [0.4, 0.5) is 5.69 Å². The van der Waals surface area contributed by atoms with E-state index in [0.29, 0.717) is 16.3 Å². The second-order valence-electron chi connectivity index (χ2n) is 6.31. The molecule has 30 heavy (non-hydrogen) atoms. The maximum atomic E-state index is 13.1. The van der Waals surface area contributed by atoms with Crippen LogP contribution in [0.2, 0.25) is 5.02 Å². The first-order valence-corrected chi connectivity index (χ1v) is 10.7. The van der Waals surface area contributed by atoms with Crippen molar-refractivity contribution in [3.63, 3.8) is 0 Å². The highest BCUT2D eigenvalue weighted by Crippen LogP contribution is 2.25. The van der Waals surface area contributed by atoms with Gasteiger partial charge in [0.05, 0.1) is 11.3 Å². The number of halogens is 1. The van der Waals surface area contributed by atoms with Gasteiger partial charge in [-0.3, -0.25) is 9.10 Å². The Morgan fingerprint density at radius 1 is 0.900 bits per heavy atom. The first kappa shape index (κ1) is 21.5. The number of sulfonamides is 1. The molecular weight excluding hydrogens is 426 g/mol. The molecule has 0 saturated heterocycles. The number of Topliss-reactive ketones (excluding diaryl/α,β-unsaturated/α-hetero) is 1. The van der Waals surface area contributed by atoms with Crippen LogP contribution in [0, 0.1) is 0 Å². The third-order valence-corrected chi connectivity index (χ3v) is 6.46. The molecule has 8 heteroatoms. The lowest BCUT2D eigenvalue weighted by Gasteiger charge is -2.20. The number of esters is 1. The van der Waals surface area contributed by atoms with E-state index in [9.17, 15) is 18.0 Å². The molecule has 0 radical (unpaired) electrons. The third-order valence-electron chi connectivity index (χ3n) is 4.37. The van der Waals surface area contributed by atoms with Gasteiger partial charge in [-0.2, -0.15) is 0 Å². The molecule has 3 aromatic rings. The first-order chi connectivity index (χ1) is 14.3. The molecule has 0 aliphatic carbocycles. The summed E-state index contributed by atoms with van der Waals surface area (Å²) >= 11 is 5.80. The van der Waals surface area contributed by atoms with Crippen LogP contribution in [0.3, 0.4) is 0 Å². The molecule has 0 fully saturated rings. The number of carbonyl (C=O) groups is 2. The molecule has 6 nitrogen and oxygen atoms in total. The Hall–Kier alpha value is -3.16. The highest BCUT2D eigenvalue weighted by molar-refractivity contribution is 7.92. The third kappa shape index (κ3) is 4.69.